The summed E-state index contributed by atoms with van der Waals surface area (Å²) in [6.45, 7) is 4.66. The largest absolute Gasteiger partial charge is 0.481 e. The molecule has 29 heavy (non-hydrogen) atoms. The number of carbonyl (C=O) groups excluding carboxylic acids is 3. The first-order valence-electron chi connectivity index (χ1n) is 8.59. The second-order valence-corrected chi connectivity index (χ2v) is 6.66. The fourth-order valence-corrected chi connectivity index (χ4v) is 2.01. The third kappa shape index (κ3) is 9.51. The molecule has 0 bridgehead atoms. The Morgan fingerprint density at radius 3 is 1.59 bits per heavy atom. The Labute approximate surface area is 166 Å². The Bertz CT molecular complexity index is 665. The van der Waals surface area contributed by atoms with Crippen LogP contribution in [0.1, 0.15) is 33.6 Å². The quantitative estimate of drug-likeness (QED) is 0.176. The van der Waals surface area contributed by atoms with Crippen LogP contribution >= 0.6 is 0 Å². The van der Waals surface area contributed by atoms with E-state index in [1.54, 1.807) is 13.8 Å². The number of carbonyl (C=O) groups is 6. The Hall–Kier alpha value is -3.22. The minimum atomic E-state index is -1.82. The van der Waals surface area contributed by atoms with E-state index < -0.39 is 72.6 Å². The lowest BCUT2D eigenvalue weighted by molar-refractivity contribution is -0.148. The molecule has 13 nitrogen and oxygen atoms in total. The molecular weight excluding hydrogens is 392 g/mol. The number of carboxylic acid groups (broad SMARTS) is 3. The van der Waals surface area contributed by atoms with Gasteiger partial charge in [-0.25, -0.2) is 4.79 Å². The van der Waals surface area contributed by atoms with Crippen LogP contribution < -0.4 is 21.7 Å². The maximum atomic E-state index is 12.2. The highest BCUT2D eigenvalue weighted by atomic mass is 16.4. The van der Waals surface area contributed by atoms with Gasteiger partial charge in [0.1, 0.15) is 18.1 Å². The van der Waals surface area contributed by atoms with Gasteiger partial charge in [0, 0.05) is 0 Å². The molecule has 0 rings (SSSR count). The molecule has 3 amide bonds. The van der Waals surface area contributed by atoms with E-state index in [1.807, 2.05) is 5.32 Å². The van der Waals surface area contributed by atoms with Crippen molar-refractivity contribution in [2.75, 3.05) is 0 Å². The summed E-state index contributed by atoms with van der Waals surface area (Å²) in [6, 6.07) is -5.59. The van der Waals surface area contributed by atoms with Gasteiger partial charge in [0.15, 0.2) is 0 Å². The summed E-state index contributed by atoms with van der Waals surface area (Å²) in [7, 11) is 0. The molecule has 0 spiro atoms. The number of nitrogens with one attached hydrogen (secondary N) is 3. The lowest BCUT2D eigenvalue weighted by Crippen LogP contribution is -2.57. The van der Waals surface area contributed by atoms with Crippen LogP contribution in [0.25, 0.3) is 0 Å². The fourth-order valence-electron chi connectivity index (χ4n) is 2.01. The minimum Gasteiger partial charge on any atom is -0.481 e. The average molecular weight is 418 g/mol. The molecule has 0 aliphatic heterocycles. The number of amides is 3. The zero-order chi connectivity index (χ0) is 22.9. The molecule has 13 heteroatoms. The molecule has 4 atom stereocenters. The molecule has 0 aromatic rings. The van der Waals surface area contributed by atoms with Crippen LogP contribution in [0.5, 0.6) is 0 Å². The van der Waals surface area contributed by atoms with Gasteiger partial charge in [0.25, 0.3) is 0 Å². The van der Waals surface area contributed by atoms with E-state index in [4.69, 9.17) is 21.1 Å². The first-order valence-corrected chi connectivity index (χ1v) is 8.59. The smallest absolute Gasteiger partial charge is 0.326 e. The fraction of sp³-hybridized carbons (Fsp3) is 0.625. The number of aliphatic carboxylic acids is 3. The van der Waals surface area contributed by atoms with Gasteiger partial charge in [-0.2, -0.15) is 0 Å². The summed E-state index contributed by atoms with van der Waals surface area (Å²) in [5.74, 6) is -7.59. The van der Waals surface area contributed by atoms with Crippen molar-refractivity contribution in [1.82, 2.24) is 16.0 Å². The predicted octanol–water partition coefficient (Wildman–Crippen LogP) is -2.52. The number of hydrogen-bond donors (Lipinski definition) is 7. The van der Waals surface area contributed by atoms with Gasteiger partial charge in [-0.15, -0.1) is 0 Å². The first-order chi connectivity index (χ1) is 13.3. The van der Waals surface area contributed by atoms with Crippen LogP contribution in [0.3, 0.4) is 0 Å². The highest BCUT2D eigenvalue weighted by Gasteiger charge is 2.31. The Morgan fingerprint density at radius 2 is 1.17 bits per heavy atom. The van der Waals surface area contributed by atoms with E-state index in [0.717, 1.165) is 0 Å². The molecule has 0 saturated carbocycles. The number of nitrogens with two attached hydrogens (primary N) is 1. The van der Waals surface area contributed by atoms with Crippen LogP contribution in [0.4, 0.5) is 0 Å². The topological polar surface area (TPSA) is 225 Å². The highest BCUT2D eigenvalue weighted by molar-refractivity contribution is 5.96. The van der Waals surface area contributed by atoms with Crippen LogP contribution in [-0.4, -0.2) is 75.1 Å². The molecule has 0 fully saturated rings. The van der Waals surface area contributed by atoms with Gasteiger partial charge < -0.3 is 37.0 Å². The highest BCUT2D eigenvalue weighted by Crippen LogP contribution is 2.01. The Kier molecular flexibility index (Phi) is 10.3. The zero-order valence-electron chi connectivity index (χ0n) is 16.2. The molecule has 0 aromatic carbocycles. The second-order valence-electron chi connectivity index (χ2n) is 6.66. The summed E-state index contributed by atoms with van der Waals surface area (Å²) >= 11 is 0. The molecule has 0 aliphatic rings. The van der Waals surface area contributed by atoms with Gasteiger partial charge in [0.05, 0.1) is 18.9 Å². The maximum Gasteiger partial charge on any atom is 0.326 e. The number of carboxylic acids is 3. The molecular formula is C16H26N4O9. The molecule has 0 aliphatic carbocycles. The third-order valence-electron chi connectivity index (χ3n) is 3.78. The molecule has 8 N–H and O–H groups in total. The number of hydrogen-bond acceptors (Lipinski definition) is 7. The van der Waals surface area contributed by atoms with E-state index in [0.29, 0.717) is 0 Å². The van der Waals surface area contributed by atoms with E-state index in [2.05, 4.69) is 10.6 Å². The van der Waals surface area contributed by atoms with E-state index in [9.17, 15) is 28.8 Å². The normalized spacial score (nSPS) is 14.8. The van der Waals surface area contributed by atoms with Gasteiger partial charge in [-0.1, -0.05) is 13.8 Å². The van der Waals surface area contributed by atoms with Crippen molar-refractivity contribution >= 4 is 35.6 Å². The van der Waals surface area contributed by atoms with Crippen molar-refractivity contribution in [1.29, 1.82) is 0 Å². The van der Waals surface area contributed by atoms with Crippen molar-refractivity contribution < 1.29 is 44.1 Å². The molecule has 4 unspecified atom stereocenters. The summed E-state index contributed by atoms with van der Waals surface area (Å²) < 4.78 is 0. The summed E-state index contributed by atoms with van der Waals surface area (Å²) in [4.78, 5) is 69.0. The third-order valence-corrected chi connectivity index (χ3v) is 3.78. The Morgan fingerprint density at radius 1 is 0.724 bits per heavy atom. The summed E-state index contributed by atoms with van der Waals surface area (Å²) in [5, 5.41) is 32.8. The van der Waals surface area contributed by atoms with Crippen molar-refractivity contribution in [3.8, 4) is 0 Å². The van der Waals surface area contributed by atoms with Gasteiger partial charge in [0.2, 0.25) is 17.7 Å². The lowest BCUT2D eigenvalue weighted by Gasteiger charge is -2.23. The van der Waals surface area contributed by atoms with Crippen LogP contribution in [0.2, 0.25) is 0 Å². The van der Waals surface area contributed by atoms with Crippen molar-refractivity contribution in [2.24, 2.45) is 11.7 Å². The number of rotatable bonds is 12. The molecule has 0 aromatic heterocycles. The van der Waals surface area contributed by atoms with Crippen molar-refractivity contribution in [3.05, 3.63) is 0 Å². The van der Waals surface area contributed by atoms with Gasteiger partial charge >= 0.3 is 17.9 Å². The zero-order valence-corrected chi connectivity index (χ0v) is 16.2. The van der Waals surface area contributed by atoms with E-state index in [1.165, 1.54) is 6.92 Å². The molecule has 0 heterocycles. The van der Waals surface area contributed by atoms with Gasteiger partial charge in [-0.3, -0.25) is 24.0 Å². The molecule has 164 valence electrons. The Balaban J connectivity index is 5.17. The monoisotopic (exact) mass is 418 g/mol. The predicted molar refractivity (Wildman–Crippen MR) is 96.4 cm³/mol. The van der Waals surface area contributed by atoms with Crippen molar-refractivity contribution in [2.45, 2.75) is 57.8 Å². The van der Waals surface area contributed by atoms with Crippen LogP contribution in [0, 0.1) is 5.92 Å². The average Bonchev–Trinajstić information content (AvgIpc) is 2.58. The summed E-state index contributed by atoms with van der Waals surface area (Å²) in [6.07, 6.45) is -1.85. The van der Waals surface area contributed by atoms with E-state index >= 15 is 0 Å². The first kappa shape index (κ1) is 25.8. The van der Waals surface area contributed by atoms with Crippen molar-refractivity contribution in [3.63, 3.8) is 0 Å². The van der Waals surface area contributed by atoms with E-state index in [-0.39, 0.29) is 5.92 Å². The van der Waals surface area contributed by atoms with Gasteiger partial charge in [-0.05, 0) is 12.8 Å². The summed E-state index contributed by atoms with van der Waals surface area (Å²) in [5.41, 5.74) is 5.66. The SMILES string of the molecule is CC(NC(=O)C(N)C(C)C)C(=O)NC(CC(=O)O)C(=O)NC(CC(=O)O)C(=O)O. The standard InChI is InChI=1S/C16H26N4O9/c1-6(2)12(17)15(27)18-7(3)13(25)19-8(4-10(21)22)14(26)20-9(16(28)29)5-11(23)24/h6-9,12H,4-5,17H2,1-3H3,(H,18,27)(H,19,25)(H,20,26)(H,21,22)(H,23,24)(H,28,29). The van der Waals surface area contributed by atoms with Crippen LogP contribution in [-0.2, 0) is 28.8 Å². The molecule has 0 saturated heterocycles. The minimum absolute atomic E-state index is 0.210. The maximum absolute atomic E-state index is 12.2. The van der Waals surface area contributed by atoms with Crippen LogP contribution in [0.15, 0.2) is 0 Å². The molecule has 0 radical (unpaired) electrons. The second kappa shape index (κ2) is 11.6. The lowest BCUT2D eigenvalue weighted by atomic mass is 10.0.